The minimum atomic E-state index is 0.570. The molecule has 0 heterocycles. The van der Waals surface area contributed by atoms with Gasteiger partial charge in [-0.1, -0.05) is 44.5 Å². The van der Waals surface area contributed by atoms with Crippen molar-refractivity contribution in [2.24, 2.45) is 17.8 Å². The van der Waals surface area contributed by atoms with Gasteiger partial charge in [-0.05, 0) is 74.0 Å². The highest BCUT2D eigenvalue weighted by Crippen LogP contribution is 2.50. The van der Waals surface area contributed by atoms with E-state index in [4.69, 9.17) is 0 Å². The molecule has 2 aliphatic carbocycles. The number of aryl methyl sites for hydroxylation is 1. The van der Waals surface area contributed by atoms with E-state index >= 15 is 0 Å². The van der Waals surface area contributed by atoms with E-state index in [1.807, 2.05) is 0 Å². The normalized spacial score (nSPS) is 29.0. The van der Waals surface area contributed by atoms with Gasteiger partial charge in [-0.3, -0.25) is 0 Å². The molecule has 4 atom stereocenters. The third-order valence-electron chi connectivity index (χ3n) is 5.83. The Hall–Kier alpha value is -0.820. The Morgan fingerprint density at radius 3 is 2.76 bits per heavy atom. The van der Waals surface area contributed by atoms with E-state index in [1.54, 1.807) is 0 Å². The lowest BCUT2D eigenvalue weighted by Gasteiger charge is -2.28. The smallest absolute Gasteiger partial charge is 0.0323 e. The van der Waals surface area contributed by atoms with Gasteiger partial charge in [0.1, 0.15) is 0 Å². The molecule has 0 aliphatic heterocycles. The molecule has 3 rings (SSSR count). The molecule has 1 aromatic carbocycles. The van der Waals surface area contributed by atoms with Crippen molar-refractivity contribution in [3.8, 4) is 0 Å². The van der Waals surface area contributed by atoms with Crippen LogP contribution in [-0.4, -0.2) is 6.54 Å². The highest BCUT2D eigenvalue weighted by atomic mass is 14.9. The molecule has 0 radical (unpaired) electrons. The SMILES string of the molecule is CCCNC(CC1CC2CCC1C2)c1cccc(CC)c1. The summed E-state index contributed by atoms with van der Waals surface area (Å²) in [5.41, 5.74) is 2.99. The van der Waals surface area contributed by atoms with E-state index < -0.39 is 0 Å². The van der Waals surface area contributed by atoms with Crippen LogP contribution in [0.1, 0.15) is 69.5 Å². The molecule has 116 valence electrons. The van der Waals surface area contributed by atoms with Crippen LogP contribution in [0.2, 0.25) is 0 Å². The maximum atomic E-state index is 3.82. The van der Waals surface area contributed by atoms with Gasteiger partial charge in [-0.2, -0.15) is 0 Å². The molecule has 2 bridgehead atoms. The zero-order valence-corrected chi connectivity index (χ0v) is 13.8. The number of hydrogen-bond acceptors (Lipinski definition) is 1. The van der Waals surface area contributed by atoms with E-state index in [0.29, 0.717) is 6.04 Å². The van der Waals surface area contributed by atoms with Gasteiger partial charge < -0.3 is 5.32 Å². The Labute approximate surface area is 130 Å². The van der Waals surface area contributed by atoms with Crippen LogP contribution >= 0.6 is 0 Å². The first-order valence-electron chi connectivity index (χ1n) is 9.12. The molecule has 1 aromatic rings. The first-order chi connectivity index (χ1) is 10.3. The minimum absolute atomic E-state index is 0.570. The molecule has 0 spiro atoms. The van der Waals surface area contributed by atoms with Gasteiger partial charge in [0.2, 0.25) is 0 Å². The van der Waals surface area contributed by atoms with Gasteiger partial charge in [0, 0.05) is 6.04 Å². The molecule has 2 saturated carbocycles. The summed E-state index contributed by atoms with van der Waals surface area (Å²) in [5, 5.41) is 3.82. The van der Waals surface area contributed by atoms with Crippen molar-refractivity contribution in [3.63, 3.8) is 0 Å². The zero-order valence-electron chi connectivity index (χ0n) is 13.8. The standard InChI is InChI=1S/C20H31N/c1-3-10-21-20(18-7-5-6-15(4-2)11-18)14-19-13-16-8-9-17(19)12-16/h5-7,11,16-17,19-21H,3-4,8-10,12-14H2,1-2H3. The van der Waals surface area contributed by atoms with Gasteiger partial charge >= 0.3 is 0 Å². The van der Waals surface area contributed by atoms with Crippen LogP contribution in [0, 0.1) is 17.8 Å². The fraction of sp³-hybridized carbons (Fsp3) is 0.700. The summed E-state index contributed by atoms with van der Waals surface area (Å²) in [7, 11) is 0. The van der Waals surface area contributed by atoms with Crippen molar-refractivity contribution in [1.82, 2.24) is 5.32 Å². The number of benzene rings is 1. The van der Waals surface area contributed by atoms with Crippen molar-refractivity contribution in [2.75, 3.05) is 6.54 Å². The van der Waals surface area contributed by atoms with E-state index in [0.717, 1.165) is 30.7 Å². The van der Waals surface area contributed by atoms with Crippen molar-refractivity contribution in [3.05, 3.63) is 35.4 Å². The van der Waals surface area contributed by atoms with E-state index in [1.165, 1.54) is 49.7 Å². The van der Waals surface area contributed by atoms with E-state index in [9.17, 15) is 0 Å². The largest absolute Gasteiger partial charge is 0.310 e. The summed E-state index contributed by atoms with van der Waals surface area (Å²) < 4.78 is 0. The summed E-state index contributed by atoms with van der Waals surface area (Å²) in [5.74, 6) is 3.08. The summed E-state index contributed by atoms with van der Waals surface area (Å²) in [6, 6.07) is 9.84. The fourth-order valence-electron chi connectivity index (χ4n) is 4.65. The fourth-order valence-corrected chi connectivity index (χ4v) is 4.65. The van der Waals surface area contributed by atoms with Crippen LogP contribution < -0.4 is 5.32 Å². The molecule has 21 heavy (non-hydrogen) atoms. The van der Waals surface area contributed by atoms with Gasteiger partial charge in [-0.15, -0.1) is 0 Å². The van der Waals surface area contributed by atoms with Crippen LogP contribution in [0.3, 0.4) is 0 Å². The van der Waals surface area contributed by atoms with Gasteiger partial charge in [0.15, 0.2) is 0 Å². The zero-order chi connectivity index (χ0) is 14.7. The highest BCUT2D eigenvalue weighted by Gasteiger charge is 2.40. The third-order valence-corrected chi connectivity index (χ3v) is 5.83. The predicted octanol–water partition coefficient (Wildman–Crippen LogP) is 5.12. The lowest BCUT2D eigenvalue weighted by atomic mass is 9.82. The van der Waals surface area contributed by atoms with Crippen molar-refractivity contribution in [2.45, 2.75) is 64.8 Å². The van der Waals surface area contributed by atoms with Gasteiger partial charge in [-0.25, -0.2) is 0 Å². The minimum Gasteiger partial charge on any atom is -0.310 e. The monoisotopic (exact) mass is 285 g/mol. The second kappa shape index (κ2) is 6.96. The second-order valence-electron chi connectivity index (χ2n) is 7.28. The number of hydrogen-bond donors (Lipinski definition) is 1. The summed E-state index contributed by atoms with van der Waals surface area (Å²) in [4.78, 5) is 0. The first-order valence-corrected chi connectivity index (χ1v) is 9.12. The van der Waals surface area contributed by atoms with Crippen molar-refractivity contribution < 1.29 is 0 Å². The Morgan fingerprint density at radius 1 is 1.19 bits per heavy atom. The molecule has 2 fully saturated rings. The van der Waals surface area contributed by atoms with E-state index in [-0.39, 0.29) is 0 Å². The van der Waals surface area contributed by atoms with E-state index in [2.05, 4.69) is 43.4 Å². The maximum Gasteiger partial charge on any atom is 0.0323 e. The topological polar surface area (TPSA) is 12.0 Å². The molecule has 2 aliphatic rings. The summed E-state index contributed by atoms with van der Waals surface area (Å²) in [6.07, 6.45) is 9.77. The van der Waals surface area contributed by atoms with Crippen molar-refractivity contribution >= 4 is 0 Å². The predicted molar refractivity (Wildman–Crippen MR) is 90.4 cm³/mol. The average molecular weight is 285 g/mol. The van der Waals surface area contributed by atoms with Crippen molar-refractivity contribution in [1.29, 1.82) is 0 Å². The third kappa shape index (κ3) is 3.51. The highest BCUT2D eigenvalue weighted by molar-refractivity contribution is 5.26. The molecule has 1 nitrogen and oxygen atoms in total. The maximum absolute atomic E-state index is 3.82. The van der Waals surface area contributed by atoms with Crippen LogP contribution in [0.5, 0.6) is 0 Å². The number of nitrogens with one attached hydrogen (secondary N) is 1. The Balaban J connectivity index is 1.70. The van der Waals surface area contributed by atoms with Crippen LogP contribution in [-0.2, 0) is 6.42 Å². The Bertz CT molecular complexity index is 453. The Kier molecular flexibility index (Phi) is 5.00. The van der Waals surface area contributed by atoms with Gasteiger partial charge in [0.25, 0.3) is 0 Å². The summed E-state index contributed by atoms with van der Waals surface area (Å²) in [6.45, 7) is 5.66. The molecule has 0 aromatic heterocycles. The molecular weight excluding hydrogens is 254 g/mol. The average Bonchev–Trinajstić information content (AvgIpc) is 3.14. The summed E-state index contributed by atoms with van der Waals surface area (Å²) >= 11 is 0. The molecule has 0 saturated heterocycles. The van der Waals surface area contributed by atoms with Gasteiger partial charge in [0.05, 0.1) is 0 Å². The number of fused-ring (bicyclic) bond motifs is 2. The number of rotatable bonds is 7. The molecule has 1 heteroatoms. The Morgan fingerprint density at radius 2 is 2.10 bits per heavy atom. The van der Waals surface area contributed by atoms with Crippen LogP contribution in [0.4, 0.5) is 0 Å². The lowest BCUT2D eigenvalue weighted by molar-refractivity contribution is 0.279. The second-order valence-corrected chi connectivity index (χ2v) is 7.28. The molecule has 1 N–H and O–H groups in total. The quantitative estimate of drug-likeness (QED) is 0.733. The molecule has 0 amide bonds. The molecular formula is C20H31N. The lowest BCUT2D eigenvalue weighted by Crippen LogP contribution is -2.26. The molecule has 4 unspecified atom stereocenters. The first kappa shape index (κ1) is 15.1. The van der Waals surface area contributed by atoms with Crippen LogP contribution in [0.15, 0.2) is 24.3 Å². The van der Waals surface area contributed by atoms with Crippen LogP contribution in [0.25, 0.3) is 0 Å².